The molecule has 1 aromatic carbocycles. The van der Waals surface area contributed by atoms with E-state index in [1.807, 2.05) is 30.9 Å². The summed E-state index contributed by atoms with van der Waals surface area (Å²) in [6.07, 6.45) is 0. The molecule has 0 saturated carbocycles. The maximum absolute atomic E-state index is 12.8. The molecular formula is C19H25N5O3S2. The molecule has 156 valence electrons. The second-order valence-corrected chi connectivity index (χ2v) is 9.02. The predicted octanol–water partition coefficient (Wildman–Crippen LogP) is 2.13. The smallest absolute Gasteiger partial charge is 0.257 e. The van der Waals surface area contributed by atoms with Crippen LogP contribution >= 0.6 is 23.1 Å². The topological polar surface area (TPSA) is 87.7 Å². The molecule has 29 heavy (non-hydrogen) atoms. The molecule has 0 radical (unpaired) electrons. The van der Waals surface area contributed by atoms with Gasteiger partial charge in [-0.05, 0) is 26.0 Å². The summed E-state index contributed by atoms with van der Waals surface area (Å²) in [5, 5.41) is 12.1. The van der Waals surface area contributed by atoms with Crippen molar-refractivity contribution in [1.29, 1.82) is 0 Å². The quantitative estimate of drug-likeness (QED) is 0.667. The van der Waals surface area contributed by atoms with Crippen LogP contribution in [0.5, 0.6) is 5.75 Å². The fraction of sp³-hybridized carbons (Fsp3) is 0.474. The van der Waals surface area contributed by atoms with Crippen molar-refractivity contribution in [2.75, 3.05) is 43.9 Å². The number of benzene rings is 1. The molecule has 1 fully saturated rings. The van der Waals surface area contributed by atoms with Crippen LogP contribution < -0.4 is 15.0 Å². The first-order valence-electron chi connectivity index (χ1n) is 9.41. The fourth-order valence-electron chi connectivity index (χ4n) is 2.97. The molecule has 1 aliphatic heterocycles. The van der Waals surface area contributed by atoms with Crippen LogP contribution in [0.4, 0.5) is 5.13 Å². The van der Waals surface area contributed by atoms with Crippen LogP contribution in [0.3, 0.4) is 0 Å². The highest BCUT2D eigenvalue weighted by Crippen LogP contribution is 2.29. The van der Waals surface area contributed by atoms with E-state index >= 15 is 0 Å². The number of anilines is 1. The van der Waals surface area contributed by atoms with Gasteiger partial charge in [0.05, 0.1) is 18.4 Å². The summed E-state index contributed by atoms with van der Waals surface area (Å²) in [6, 6.07) is 7.41. The van der Waals surface area contributed by atoms with Gasteiger partial charge in [-0.3, -0.25) is 9.59 Å². The summed E-state index contributed by atoms with van der Waals surface area (Å²) >= 11 is 2.87. The largest absolute Gasteiger partial charge is 0.496 e. The van der Waals surface area contributed by atoms with E-state index < -0.39 is 0 Å². The van der Waals surface area contributed by atoms with Crippen molar-refractivity contribution < 1.29 is 14.3 Å². The highest BCUT2D eigenvalue weighted by atomic mass is 32.2. The number of rotatable bonds is 7. The lowest BCUT2D eigenvalue weighted by Gasteiger charge is -2.34. The summed E-state index contributed by atoms with van der Waals surface area (Å²) in [6.45, 7) is 6.46. The SMILES string of the molecule is COc1ccccc1C(=O)N1CCN(c2nnc(SCC(=O)NC(C)C)s2)CC1. The fourth-order valence-corrected chi connectivity index (χ4v) is 4.68. The maximum atomic E-state index is 12.8. The highest BCUT2D eigenvalue weighted by Gasteiger charge is 2.25. The van der Waals surface area contributed by atoms with Gasteiger partial charge in [-0.2, -0.15) is 0 Å². The number of para-hydroxylation sites is 1. The van der Waals surface area contributed by atoms with Gasteiger partial charge in [0.25, 0.3) is 5.91 Å². The van der Waals surface area contributed by atoms with E-state index in [1.54, 1.807) is 19.2 Å². The molecule has 8 nitrogen and oxygen atoms in total. The molecule has 0 aliphatic carbocycles. The van der Waals surface area contributed by atoms with Gasteiger partial charge in [0.15, 0.2) is 4.34 Å². The molecule has 10 heteroatoms. The van der Waals surface area contributed by atoms with Crippen molar-refractivity contribution in [3.63, 3.8) is 0 Å². The third-order valence-corrected chi connectivity index (χ3v) is 6.46. The Hall–Kier alpha value is -2.33. The van der Waals surface area contributed by atoms with Crippen molar-refractivity contribution in [2.24, 2.45) is 0 Å². The first-order valence-corrected chi connectivity index (χ1v) is 11.2. The van der Waals surface area contributed by atoms with Gasteiger partial charge in [-0.25, -0.2) is 0 Å². The molecule has 1 saturated heterocycles. The lowest BCUT2D eigenvalue weighted by atomic mass is 10.1. The van der Waals surface area contributed by atoms with Crippen LogP contribution in [-0.4, -0.2) is 72.0 Å². The standard InChI is InChI=1S/C19H25N5O3S2/c1-13(2)20-16(25)12-28-19-22-21-18(29-19)24-10-8-23(9-11-24)17(26)14-6-4-5-7-15(14)27-3/h4-7,13H,8-12H2,1-3H3,(H,20,25). The second-order valence-electron chi connectivity index (χ2n) is 6.84. The lowest BCUT2D eigenvalue weighted by Crippen LogP contribution is -2.48. The molecule has 1 aromatic heterocycles. The minimum absolute atomic E-state index is 0.00906. The zero-order chi connectivity index (χ0) is 20.8. The van der Waals surface area contributed by atoms with Crippen molar-refractivity contribution in [3.05, 3.63) is 29.8 Å². The van der Waals surface area contributed by atoms with E-state index in [1.165, 1.54) is 23.1 Å². The van der Waals surface area contributed by atoms with Gasteiger partial charge in [0.2, 0.25) is 11.0 Å². The summed E-state index contributed by atoms with van der Waals surface area (Å²) in [5.41, 5.74) is 0.581. The monoisotopic (exact) mass is 435 g/mol. The third kappa shape index (κ3) is 5.60. The lowest BCUT2D eigenvalue weighted by molar-refractivity contribution is -0.119. The summed E-state index contributed by atoms with van der Waals surface area (Å²) in [7, 11) is 1.57. The number of nitrogens with one attached hydrogen (secondary N) is 1. The van der Waals surface area contributed by atoms with Gasteiger partial charge in [-0.1, -0.05) is 35.2 Å². The Labute approximate surface area is 178 Å². The summed E-state index contributed by atoms with van der Waals surface area (Å²) in [4.78, 5) is 28.5. The van der Waals surface area contributed by atoms with Crippen LogP contribution in [0.2, 0.25) is 0 Å². The molecular weight excluding hydrogens is 410 g/mol. The first-order chi connectivity index (χ1) is 14.0. The Balaban J connectivity index is 1.53. The Kier molecular flexibility index (Phi) is 7.32. The molecule has 0 spiro atoms. The average molecular weight is 436 g/mol. The zero-order valence-electron chi connectivity index (χ0n) is 16.8. The van der Waals surface area contributed by atoms with Crippen molar-refractivity contribution in [3.8, 4) is 5.75 Å². The number of nitrogens with zero attached hydrogens (tertiary/aromatic N) is 4. The molecule has 0 unspecified atom stereocenters. The number of piperazine rings is 1. The molecule has 2 heterocycles. The van der Waals surface area contributed by atoms with Crippen LogP contribution in [0.25, 0.3) is 0 Å². The number of hydrogen-bond donors (Lipinski definition) is 1. The van der Waals surface area contributed by atoms with E-state index in [0.29, 0.717) is 43.2 Å². The number of carbonyl (C=O) groups excluding carboxylic acids is 2. The van der Waals surface area contributed by atoms with Crippen LogP contribution in [0.1, 0.15) is 24.2 Å². The number of carbonyl (C=O) groups is 2. The van der Waals surface area contributed by atoms with E-state index in [4.69, 9.17) is 4.74 Å². The average Bonchev–Trinajstić information content (AvgIpc) is 3.20. The van der Waals surface area contributed by atoms with Crippen molar-refractivity contribution in [1.82, 2.24) is 20.4 Å². The van der Waals surface area contributed by atoms with Gasteiger partial charge in [-0.15, -0.1) is 10.2 Å². The van der Waals surface area contributed by atoms with Gasteiger partial charge in [0.1, 0.15) is 5.75 Å². The molecule has 1 aliphatic rings. The second kappa shape index (κ2) is 9.93. The van der Waals surface area contributed by atoms with E-state index in [9.17, 15) is 9.59 Å². The minimum Gasteiger partial charge on any atom is -0.496 e. The molecule has 0 bridgehead atoms. The summed E-state index contributed by atoms with van der Waals surface area (Å²) < 4.78 is 6.08. The molecule has 1 N–H and O–H groups in total. The van der Waals surface area contributed by atoms with Gasteiger partial charge in [0, 0.05) is 32.2 Å². The number of ether oxygens (including phenoxy) is 1. The highest BCUT2D eigenvalue weighted by molar-refractivity contribution is 8.01. The number of amides is 2. The Morgan fingerprint density at radius 1 is 1.21 bits per heavy atom. The predicted molar refractivity (Wildman–Crippen MR) is 115 cm³/mol. The van der Waals surface area contributed by atoms with Gasteiger partial charge >= 0.3 is 0 Å². The first kappa shape index (κ1) is 21.4. The zero-order valence-corrected chi connectivity index (χ0v) is 18.4. The Bertz CT molecular complexity index is 850. The number of methoxy groups -OCH3 is 1. The number of aromatic nitrogens is 2. The van der Waals surface area contributed by atoms with Crippen LogP contribution in [0.15, 0.2) is 28.6 Å². The number of thioether (sulfide) groups is 1. The third-order valence-electron chi connectivity index (χ3n) is 4.35. The maximum Gasteiger partial charge on any atom is 0.257 e. The normalized spacial score (nSPS) is 14.2. The molecule has 3 rings (SSSR count). The van der Waals surface area contributed by atoms with E-state index in [-0.39, 0.29) is 17.9 Å². The van der Waals surface area contributed by atoms with E-state index in [0.717, 1.165) is 9.47 Å². The summed E-state index contributed by atoms with van der Waals surface area (Å²) in [5.74, 6) is 0.887. The Morgan fingerprint density at radius 3 is 2.62 bits per heavy atom. The minimum atomic E-state index is -0.0215. The number of hydrogen-bond acceptors (Lipinski definition) is 8. The van der Waals surface area contributed by atoms with Gasteiger partial charge < -0.3 is 19.9 Å². The van der Waals surface area contributed by atoms with Crippen molar-refractivity contribution in [2.45, 2.75) is 24.2 Å². The van der Waals surface area contributed by atoms with Crippen LogP contribution in [0, 0.1) is 0 Å². The molecule has 2 amide bonds. The molecule has 2 aromatic rings. The molecule has 0 atom stereocenters. The van der Waals surface area contributed by atoms with Crippen molar-refractivity contribution >= 4 is 40.0 Å². The Morgan fingerprint density at radius 2 is 1.93 bits per heavy atom. The van der Waals surface area contributed by atoms with E-state index in [2.05, 4.69) is 20.4 Å². The van der Waals surface area contributed by atoms with Crippen LogP contribution in [-0.2, 0) is 4.79 Å².